The van der Waals surface area contributed by atoms with Crippen LogP contribution in [0, 0.1) is 5.92 Å². The van der Waals surface area contributed by atoms with E-state index in [-0.39, 0.29) is 17.1 Å². The molecule has 146 valence electrons. The Hall–Kier alpha value is -3.25. The zero-order chi connectivity index (χ0) is 20.5. The fraction of sp³-hybridized carbons (Fsp3) is 0.174. The number of phenolic OH excluding ortho intramolecular Hbond substituents is 1. The first-order valence-electron chi connectivity index (χ1n) is 9.36. The molecule has 1 aliphatic heterocycles. The molecule has 0 radical (unpaired) electrons. The highest BCUT2D eigenvalue weighted by molar-refractivity contribution is 7.80. The second-order valence-electron chi connectivity index (χ2n) is 6.98. The summed E-state index contributed by atoms with van der Waals surface area (Å²) in [6.07, 6.45) is 6.00. The van der Waals surface area contributed by atoms with Gasteiger partial charge in [-0.05, 0) is 42.3 Å². The van der Waals surface area contributed by atoms with Crippen molar-refractivity contribution in [3.05, 3.63) is 70.0 Å². The van der Waals surface area contributed by atoms with Crippen LogP contribution >= 0.6 is 12.2 Å². The van der Waals surface area contributed by atoms with Crippen LogP contribution in [-0.2, 0) is 4.79 Å². The predicted octanol–water partition coefficient (Wildman–Crippen LogP) is 4.42. The third kappa shape index (κ3) is 3.59. The van der Waals surface area contributed by atoms with Gasteiger partial charge in [0.2, 0.25) is 0 Å². The molecule has 2 aliphatic carbocycles. The van der Waals surface area contributed by atoms with Crippen molar-refractivity contribution >= 4 is 40.0 Å². The number of aromatic hydroxyl groups is 1. The fourth-order valence-corrected chi connectivity index (χ4v) is 3.78. The summed E-state index contributed by atoms with van der Waals surface area (Å²) in [7, 11) is 0. The van der Waals surface area contributed by atoms with Crippen molar-refractivity contribution in [2.24, 2.45) is 5.92 Å². The predicted molar refractivity (Wildman–Crippen MR) is 117 cm³/mol. The molecule has 0 amide bonds. The van der Waals surface area contributed by atoms with Gasteiger partial charge in [-0.1, -0.05) is 25.2 Å². The number of carbonyl (C=O) groups is 1. The van der Waals surface area contributed by atoms with Crippen LogP contribution < -0.4 is 10.7 Å². The number of rotatable bonds is 4. The standard InChI is InChI=1S/C23H19NO4S/c1-2-22(29)24-14-3-6-17(13(9-14)12-25)23-18-7-4-15(26)10-20(18)28-21-11-16(27)5-8-19(21)23/h3-8,10-13,26H,2,9H2,1H3,(H,24,29). The van der Waals surface area contributed by atoms with E-state index in [1.54, 1.807) is 18.2 Å². The average molecular weight is 405 g/mol. The minimum Gasteiger partial charge on any atom is -0.508 e. The van der Waals surface area contributed by atoms with E-state index in [2.05, 4.69) is 5.32 Å². The Morgan fingerprint density at radius 2 is 2.10 bits per heavy atom. The Labute approximate surface area is 172 Å². The monoisotopic (exact) mass is 405 g/mol. The molecule has 1 unspecified atom stereocenters. The van der Waals surface area contributed by atoms with E-state index in [0.717, 1.165) is 45.5 Å². The highest BCUT2D eigenvalue weighted by Crippen LogP contribution is 2.42. The van der Waals surface area contributed by atoms with Crippen LogP contribution in [0.2, 0.25) is 0 Å². The van der Waals surface area contributed by atoms with Crippen LogP contribution in [0.25, 0.3) is 27.9 Å². The van der Waals surface area contributed by atoms with E-state index >= 15 is 0 Å². The Kier molecular flexibility index (Phi) is 5.03. The summed E-state index contributed by atoms with van der Waals surface area (Å²) >= 11 is 5.26. The highest BCUT2D eigenvalue weighted by atomic mass is 32.1. The SMILES string of the molecule is CCC(=S)NC1=CC=C(c2c3ccc(=O)cc-3oc3cc(O)ccc23)C(C=O)C1. The van der Waals surface area contributed by atoms with E-state index < -0.39 is 0 Å². The quantitative estimate of drug-likeness (QED) is 0.380. The third-order valence-corrected chi connectivity index (χ3v) is 5.45. The van der Waals surface area contributed by atoms with Gasteiger partial charge in [0.1, 0.15) is 23.4 Å². The van der Waals surface area contributed by atoms with Crippen molar-refractivity contribution in [2.75, 3.05) is 0 Å². The second kappa shape index (κ2) is 7.64. The molecule has 0 bridgehead atoms. The van der Waals surface area contributed by atoms with Gasteiger partial charge in [-0.3, -0.25) is 4.79 Å². The molecular formula is C23H19NO4S. The molecule has 0 saturated heterocycles. The summed E-state index contributed by atoms with van der Waals surface area (Å²) in [5, 5.41) is 13.8. The van der Waals surface area contributed by atoms with Crippen molar-refractivity contribution in [3.8, 4) is 17.1 Å². The van der Waals surface area contributed by atoms with Crippen molar-refractivity contribution < 1.29 is 14.3 Å². The molecule has 0 saturated carbocycles. The molecule has 1 aromatic rings. The molecule has 5 nitrogen and oxygen atoms in total. The number of benzene rings is 2. The largest absolute Gasteiger partial charge is 0.508 e. The molecule has 0 aromatic heterocycles. The molecule has 1 heterocycles. The van der Waals surface area contributed by atoms with Crippen molar-refractivity contribution in [1.82, 2.24) is 5.32 Å². The maximum Gasteiger partial charge on any atom is 0.182 e. The number of hydrogen-bond acceptors (Lipinski definition) is 5. The Balaban J connectivity index is 1.97. The number of phenols is 1. The molecule has 6 heteroatoms. The first-order chi connectivity index (χ1) is 14.0. The van der Waals surface area contributed by atoms with Crippen LogP contribution in [-0.4, -0.2) is 16.4 Å². The molecule has 29 heavy (non-hydrogen) atoms. The molecule has 1 aromatic carbocycles. The van der Waals surface area contributed by atoms with Gasteiger partial charge >= 0.3 is 0 Å². The zero-order valence-electron chi connectivity index (χ0n) is 15.8. The summed E-state index contributed by atoms with van der Waals surface area (Å²) in [4.78, 5) is 24.6. The van der Waals surface area contributed by atoms with Gasteiger partial charge in [0.25, 0.3) is 0 Å². The van der Waals surface area contributed by atoms with Crippen LogP contribution in [0.15, 0.2) is 63.5 Å². The van der Waals surface area contributed by atoms with Gasteiger partial charge < -0.3 is 19.6 Å². The van der Waals surface area contributed by atoms with Crippen LogP contribution in [0.3, 0.4) is 0 Å². The normalized spacial score (nSPS) is 16.4. The van der Waals surface area contributed by atoms with E-state index in [1.165, 1.54) is 18.2 Å². The maximum atomic E-state index is 12.0. The van der Waals surface area contributed by atoms with Crippen LogP contribution in [0.5, 0.6) is 5.75 Å². The molecule has 0 fully saturated rings. The van der Waals surface area contributed by atoms with E-state index in [0.29, 0.717) is 17.8 Å². The third-order valence-electron chi connectivity index (χ3n) is 5.05. The summed E-state index contributed by atoms with van der Waals surface area (Å²) in [5.41, 5.74) is 3.58. The van der Waals surface area contributed by atoms with E-state index in [1.807, 2.05) is 19.1 Å². The summed E-state index contributed by atoms with van der Waals surface area (Å²) < 4.78 is 5.88. The highest BCUT2D eigenvalue weighted by Gasteiger charge is 2.26. The minimum atomic E-state index is -0.378. The first-order valence-corrected chi connectivity index (χ1v) is 9.77. The van der Waals surface area contributed by atoms with Gasteiger partial charge in [-0.25, -0.2) is 0 Å². The summed E-state index contributed by atoms with van der Waals surface area (Å²) in [6.45, 7) is 1.97. The van der Waals surface area contributed by atoms with Gasteiger partial charge in [-0.2, -0.15) is 0 Å². The van der Waals surface area contributed by atoms with Crippen molar-refractivity contribution in [2.45, 2.75) is 19.8 Å². The lowest BCUT2D eigenvalue weighted by Crippen LogP contribution is -2.24. The van der Waals surface area contributed by atoms with E-state index in [9.17, 15) is 14.7 Å². The Morgan fingerprint density at radius 3 is 2.86 bits per heavy atom. The average Bonchev–Trinajstić information content (AvgIpc) is 2.71. The molecule has 0 spiro atoms. The smallest absolute Gasteiger partial charge is 0.182 e. The van der Waals surface area contributed by atoms with Gasteiger partial charge in [0, 0.05) is 46.7 Å². The minimum absolute atomic E-state index is 0.0637. The molecule has 1 atom stereocenters. The number of hydrogen-bond donors (Lipinski definition) is 2. The summed E-state index contributed by atoms with van der Waals surface area (Å²) in [6, 6.07) is 9.48. The maximum absolute atomic E-state index is 12.0. The number of nitrogens with one attached hydrogen (secondary N) is 1. The topological polar surface area (TPSA) is 79.5 Å². The number of allylic oxidation sites excluding steroid dienone is 4. The molecule has 4 rings (SSSR count). The van der Waals surface area contributed by atoms with Gasteiger partial charge in [0.15, 0.2) is 5.43 Å². The molecular weight excluding hydrogens is 386 g/mol. The summed E-state index contributed by atoms with van der Waals surface area (Å²) in [5.74, 6) is 0.0988. The van der Waals surface area contributed by atoms with Crippen molar-refractivity contribution in [1.29, 1.82) is 0 Å². The molecule has 2 N–H and O–H groups in total. The van der Waals surface area contributed by atoms with Crippen molar-refractivity contribution in [3.63, 3.8) is 0 Å². The van der Waals surface area contributed by atoms with Crippen LogP contribution in [0.1, 0.15) is 25.3 Å². The fourth-order valence-electron chi connectivity index (χ4n) is 3.65. The van der Waals surface area contributed by atoms with E-state index in [4.69, 9.17) is 16.6 Å². The molecule has 3 aliphatic rings. The lowest BCUT2D eigenvalue weighted by molar-refractivity contribution is -0.109. The number of aldehydes is 1. The number of fused-ring (bicyclic) bond motifs is 2. The second-order valence-corrected chi connectivity index (χ2v) is 7.47. The van der Waals surface area contributed by atoms with Gasteiger partial charge in [-0.15, -0.1) is 0 Å². The lowest BCUT2D eigenvalue weighted by Gasteiger charge is -2.25. The van der Waals surface area contributed by atoms with Crippen LogP contribution in [0.4, 0.5) is 0 Å². The lowest BCUT2D eigenvalue weighted by atomic mass is 9.82. The number of thiocarbonyl (C=S) groups is 1. The Bertz CT molecular complexity index is 1220. The first kappa shape index (κ1) is 19.1. The van der Waals surface area contributed by atoms with Gasteiger partial charge in [0.05, 0.1) is 4.99 Å². The number of carbonyl (C=O) groups excluding carboxylic acids is 1. The zero-order valence-corrected chi connectivity index (χ0v) is 16.6. The Morgan fingerprint density at radius 1 is 1.28 bits per heavy atom.